The minimum Gasteiger partial charge on any atom is -0.368 e. The lowest BCUT2D eigenvalue weighted by molar-refractivity contribution is 0.0731. The molecular formula is C14H13FN2O2. The van der Waals surface area contributed by atoms with Gasteiger partial charge in [-0.05, 0) is 30.7 Å². The number of H-pyrrole nitrogens is 1. The first-order valence-corrected chi connectivity index (χ1v) is 6.44. The van der Waals surface area contributed by atoms with Crippen LogP contribution in [-0.4, -0.2) is 41.1 Å². The number of piperidine rings is 1. The van der Waals surface area contributed by atoms with Crippen molar-refractivity contribution in [3.8, 4) is 0 Å². The largest absolute Gasteiger partial charge is 0.368 e. The molecule has 0 bridgehead atoms. The van der Waals surface area contributed by atoms with Gasteiger partial charge in [0.1, 0.15) is 17.6 Å². The molecule has 1 aromatic carbocycles. The number of benzene rings is 1. The van der Waals surface area contributed by atoms with Gasteiger partial charge in [0.2, 0.25) is 0 Å². The monoisotopic (exact) mass is 260 g/mol. The lowest BCUT2D eigenvalue weighted by Gasteiger charge is -2.23. The Morgan fingerprint density at radius 2 is 2.26 bits per heavy atom. The molecule has 0 saturated carbocycles. The normalized spacial score (nSPS) is 25.4. The van der Waals surface area contributed by atoms with Crippen LogP contribution in [0.2, 0.25) is 0 Å². The van der Waals surface area contributed by atoms with E-state index < -0.39 is 0 Å². The smallest absolute Gasteiger partial charge is 0.270 e. The zero-order chi connectivity index (χ0) is 13.0. The SMILES string of the molecule is O=C(c1cc2cc(F)ccc2[nH]1)N1CC[C@@H]2O[C@H]2C1. The van der Waals surface area contributed by atoms with Crippen molar-refractivity contribution in [3.63, 3.8) is 0 Å². The summed E-state index contributed by atoms with van der Waals surface area (Å²) >= 11 is 0. The Bertz CT molecular complexity index is 667. The molecule has 4 nitrogen and oxygen atoms in total. The van der Waals surface area contributed by atoms with Gasteiger partial charge >= 0.3 is 0 Å². The van der Waals surface area contributed by atoms with Gasteiger partial charge in [-0.1, -0.05) is 0 Å². The highest BCUT2D eigenvalue weighted by atomic mass is 19.1. The van der Waals surface area contributed by atoms with E-state index in [4.69, 9.17) is 4.74 Å². The Hall–Kier alpha value is -1.88. The van der Waals surface area contributed by atoms with E-state index in [-0.39, 0.29) is 17.8 Å². The van der Waals surface area contributed by atoms with E-state index in [0.717, 1.165) is 23.9 Å². The lowest BCUT2D eigenvalue weighted by atomic mass is 10.1. The van der Waals surface area contributed by atoms with Crippen LogP contribution in [0.4, 0.5) is 4.39 Å². The molecule has 0 radical (unpaired) electrons. The number of hydrogen-bond donors (Lipinski definition) is 1. The number of carbonyl (C=O) groups is 1. The van der Waals surface area contributed by atoms with Gasteiger partial charge in [0, 0.05) is 24.0 Å². The number of aromatic nitrogens is 1. The third-order valence-electron chi connectivity index (χ3n) is 3.87. The summed E-state index contributed by atoms with van der Waals surface area (Å²) in [5.41, 5.74) is 1.29. The predicted octanol–water partition coefficient (Wildman–Crippen LogP) is 1.92. The number of carbonyl (C=O) groups excluding carboxylic acids is 1. The Labute approximate surface area is 109 Å². The standard InChI is InChI=1S/C14H13FN2O2/c15-9-1-2-10-8(5-9)6-11(16-10)14(18)17-4-3-12-13(7-17)19-12/h1-2,5-6,12-13,16H,3-4,7H2/t12-,13-/m0/s1. The second-order valence-corrected chi connectivity index (χ2v) is 5.17. The molecule has 2 aromatic rings. The predicted molar refractivity (Wildman–Crippen MR) is 67.4 cm³/mol. The highest BCUT2D eigenvalue weighted by Gasteiger charge is 2.44. The quantitative estimate of drug-likeness (QED) is 0.796. The van der Waals surface area contributed by atoms with E-state index in [1.807, 2.05) is 0 Å². The molecule has 1 aromatic heterocycles. The highest BCUT2D eigenvalue weighted by Crippen LogP contribution is 2.31. The maximum atomic E-state index is 13.1. The van der Waals surface area contributed by atoms with Gasteiger partial charge in [0.15, 0.2) is 0 Å². The summed E-state index contributed by atoms with van der Waals surface area (Å²) in [5.74, 6) is -0.330. The summed E-state index contributed by atoms with van der Waals surface area (Å²) in [6.07, 6.45) is 1.49. The van der Waals surface area contributed by atoms with Gasteiger partial charge in [-0.3, -0.25) is 4.79 Å². The maximum Gasteiger partial charge on any atom is 0.270 e. The van der Waals surface area contributed by atoms with Gasteiger partial charge in [-0.25, -0.2) is 4.39 Å². The molecule has 0 unspecified atom stereocenters. The first-order chi connectivity index (χ1) is 9.20. The van der Waals surface area contributed by atoms with Crippen molar-refractivity contribution in [2.75, 3.05) is 13.1 Å². The highest BCUT2D eigenvalue weighted by molar-refractivity contribution is 5.98. The summed E-state index contributed by atoms with van der Waals surface area (Å²) in [4.78, 5) is 17.2. The molecule has 1 N–H and O–H groups in total. The second-order valence-electron chi connectivity index (χ2n) is 5.17. The molecule has 19 heavy (non-hydrogen) atoms. The number of aromatic amines is 1. The average molecular weight is 260 g/mol. The van der Waals surface area contributed by atoms with E-state index in [9.17, 15) is 9.18 Å². The molecule has 5 heteroatoms. The van der Waals surface area contributed by atoms with Crippen LogP contribution >= 0.6 is 0 Å². The topological polar surface area (TPSA) is 48.6 Å². The maximum absolute atomic E-state index is 13.1. The second kappa shape index (κ2) is 3.81. The zero-order valence-electron chi connectivity index (χ0n) is 10.2. The minimum atomic E-state index is -0.294. The van der Waals surface area contributed by atoms with Crippen molar-refractivity contribution in [1.82, 2.24) is 9.88 Å². The molecule has 2 aliphatic rings. The van der Waals surface area contributed by atoms with Crippen molar-refractivity contribution < 1.29 is 13.9 Å². The molecule has 1 amide bonds. The van der Waals surface area contributed by atoms with Crippen LogP contribution in [0, 0.1) is 5.82 Å². The van der Waals surface area contributed by atoms with Crippen LogP contribution in [0.5, 0.6) is 0 Å². The number of nitrogens with zero attached hydrogens (tertiary/aromatic N) is 1. The Kier molecular flexibility index (Phi) is 2.20. The van der Waals surface area contributed by atoms with Gasteiger partial charge in [0.25, 0.3) is 5.91 Å². The van der Waals surface area contributed by atoms with Crippen molar-refractivity contribution in [3.05, 3.63) is 35.8 Å². The van der Waals surface area contributed by atoms with Crippen LogP contribution in [0.1, 0.15) is 16.9 Å². The summed E-state index contributed by atoms with van der Waals surface area (Å²) in [6, 6.07) is 6.17. The first kappa shape index (κ1) is 11.0. The van der Waals surface area contributed by atoms with E-state index in [1.54, 1.807) is 17.0 Å². The van der Waals surface area contributed by atoms with Crippen molar-refractivity contribution in [1.29, 1.82) is 0 Å². The Morgan fingerprint density at radius 1 is 1.37 bits per heavy atom. The number of rotatable bonds is 1. The van der Waals surface area contributed by atoms with Crippen LogP contribution in [0.15, 0.2) is 24.3 Å². The number of fused-ring (bicyclic) bond motifs is 2. The third kappa shape index (κ3) is 1.81. The number of amides is 1. The fourth-order valence-corrected chi connectivity index (χ4v) is 2.76. The summed E-state index contributed by atoms with van der Waals surface area (Å²) in [7, 11) is 0. The Morgan fingerprint density at radius 3 is 3.11 bits per heavy atom. The van der Waals surface area contributed by atoms with Crippen molar-refractivity contribution in [2.24, 2.45) is 0 Å². The minimum absolute atomic E-state index is 0.0365. The molecule has 4 rings (SSSR count). The first-order valence-electron chi connectivity index (χ1n) is 6.44. The number of likely N-dealkylation sites (tertiary alicyclic amines) is 1. The molecule has 0 spiro atoms. The summed E-state index contributed by atoms with van der Waals surface area (Å²) in [6.45, 7) is 1.39. The molecule has 0 aliphatic carbocycles. The van der Waals surface area contributed by atoms with Crippen LogP contribution in [0.3, 0.4) is 0 Å². The molecular weight excluding hydrogens is 247 g/mol. The molecule has 2 aliphatic heterocycles. The molecule has 3 heterocycles. The average Bonchev–Trinajstić information content (AvgIpc) is 3.07. The summed E-state index contributed by atoms with van der Waals surface area (Å²) < 4.78 is 18.5. The van der Waals surface area contributed by atoms with Crippen molar-refractivity contribution >= 4 is 16.8 Å². The molecule has 98 valence electrons. The van der Waals surface area contributed by atoms with Crippen LogP contribution in [-0.2, 0) is 4.74 Å². The van der Waals surface area contributed by atoms with E-state index in [0.29, 0.717) is 18.3 Å². The van der Waals surface area contributed by atoms with Crippen molar-refractivity contribution in [2.45, 2.75) is 18.6 Å². The Balaban J connectivity index is 1.63. The van der Waals surface area contributed by atoms with Gasteiger partial charge in [-0.15, -0.1) is 0 Å². The van der Waals surface area contributed by atoms with Gasteiger partial charge in [-0.2, -0.15) is 0 Å². The summed E-state index contributed by atoms with van der Waals surface area (Å²) in [5, 5.41) is 0.723. The van der Waals surface area contributed by atoms with E-state index in [1.165, 1.54) is 12.1 Å². The van der Waals surface area contributed by atoms with E-state index in [2.05, 4.69) is 4.98 Å². The molecule has 2 fully saturated rings. The van der Waals surface area contributed by atoms with Crippen LogP contribution in [0.25, 0.3) is 10.9 Å². The van der Waals surface area contributed by atoms with E-state index >= 15 is 0 Å². The number of epoxide rings is 1. The molecule has 2 atom stereocenters. The lowest BCUT2D eigenvalue weighted by Crippen LogP contribution is -2.39. The fourth-order valence-electron chi connectivity index (χ4n) is 2.76. The van der Waals surface area contributed by atoms with Gasteiger partial charge < -0.3 is 14.6 Å². The zero-order valence-corrected chi connectivity index (χ0v) is 10.2. The fraction of sp³-hybridized carbons (Fsp3) is 0.357. The van der Waals surface area contributed by atoms with Crippen LogP contribution < -0.4 is 0 Å². The number of nitrogens with one attached hydrogen (secondary N) is 1. The third-order valence-corrected chi connectivity index (χ3v) is 3.87. The molecule has 2 saturated heterocycles. The van der Waals surface area contributed by atoms with Gasteiger partial charge in [0.05, 0.1) is 6.10 Å². The number of halogens is 1. The number of ether oxygens (including phenoxy) is 1. The number of hydrogen-bond acceptors (Lipinski definition) is 2.